The molecular formula is C13H15F3N2O. The van der Waals surface area contributed by atoms with Crippen LogP contribution in [-0.4, -0.2) is 28.4 Å². The van der Waals surface area contributed by atoms with Crippen molar-refractivity contribution < 1.29 is 18.0 Å². The van der Waals surface area contributed by atoms with Gasteiger partial charge in [0.1, 0.15) is 5.69 Å². The molecule has 0 aromatic carbocycles. The molecule has 1 amide bonds. The minimum absolute atomic E-state index is 0.0447. The monoisotopic (exact) mass is 272 g/mol. The van der Waals surface area contributed by atoms with E-state index in [4.69, 9.17) is 0 Å². The maximum atomic E-state index is 12.6. The smallest absolute Gasteiger partial charge is 0.336 e. The molecule has 1 aromatic heterocycles. The van der Waals surface area contributed by atoms with Crippen LogP contribution in [0.25, 0.3) is 0 Å². The molecule has 0 radical (unpaired) electrons. The molecule has 3 nitrogen and oxygen atoms in total. The lowest BCUT2D eigenvalue weighted by molar-refractivity contribution is -0.141. The molecule has 2 heterocycles. The molecule has 0 aliphatic carbocycles. The summed E-state index contributed by atoms with van der Waals surface area (Å²) in [7, 11) is 0. The normalized spacial score (nSPS) is 23.7. The van der Waals surface area contributed by atoms with Crippen LogP contribution in [-0.2, 0) is 6.18 Å². The summed E-state index contributed by atoms with van der Waals surface area (Å²) in [5, 5.41) is 0. The van der Waals surface area contributed by atoms with Crippen LogP contribution >= 0.6 is 0 Å². The zero-order valence-corrected chi connectivity index (χ0v) is 10.7. The molecule has 0 spiro atoms. The Morgan fingerprint density at radius 3 is 2.63 bits per heavy atom. The van der Waals surface area contributed by atoms with Crippen molar-refractivity contribution in [2.45, 2.75) is 32.5 Å². The predicted octanol–water partition coefficient (Wildman–Crippen LogP) is 2.97. The van der Waals surface area contributed by atoms with Crippen molar-refractivity contribution in [3.05, 3.63) is 29.6 Å². The van der Waals surface area contributed by atoms with E-state index in [2.05, 4.69) is 4.98 Å². The summed E-state index contributed by atoms with van der Waals surface area (Å²) in [5.74, 6) is 0.0209. The lowest BCUT2D eigenvalue weighted by Gasteiger charge is -2.21. The molecule has 1 aliphatic rings. The Balaban J connectivity index is 2.25. The Bertz CT molecular complexity index is 487. The van der Waals surface area contributed by atoms with E-state index in [1.807, 2.05) is 13.8 Å². The predicted molar refractivity (Wildman–Crippen MR) is 63.5 cm³/mol. The SMILES string of the molecule is C[C@@H]1C[C@H](C)N(C(=O)c2ccnc(C(F)(F)F)c2)C1. The first kappa shape index (κ1) is 13.8. The van der Waals surface area contributed by atoms with Crippen molar-refractivity contribution in [2.24, 2.45) is 5.92 Å². The van der Waals surface area contributed by atoms with E-state index in [0.717, 1.165) is 18.7 Å². The first-order chi connectivity index (χ1) is 8.79. The quantitative estimate of drug-likeness (QED) is 0.787. The Morgan fingerprint density at radius 2 is 2.11 bits per heavy atom. The zero-order chi connectivity index (χ0) is 14.2. The molecule has 1 aromatic rings. The van der Waals surface area contributed by atoms with E-state index < -0.39 is 11.9 Å². The second-order valence-electron chi connectivity index (χ2n) is 5.07. The number of nitrogens with zero attached hydrogens (tertiary/aromatic N) is 2. The van der Waals surface area contributed by atoms with Gasteiger partial charge in [-0.2, -0.15) is 13.2 Å². The van der Waals surface area contributed by atoms with Crippen molar-refractivity contribution >= 4 is 5.91 Å². The third-order valence-corrected chi connectivity index (χ3v) is 3.34. The van der Waals surface area contributed by atoms with E-state index in [1.54, 1.807) is 4.90 Å². The number of aromatic nitrogens is 1. The summed E-state index contributed by atoms with van der Waals surface area (Å²) in [5.41, 5.74) is -0.985. The summed E-state index contributed by atoms with van der Waals surface area (Å²) in [4.78, 5) is 17.1. The molecule has 104 valence electrons. The number of pyridine rings is 1. The number of amides is 1. The first-order valence-corrected chi connectivity index (χ1v) is 6.13. The van der Waals surface area contributed by atoms with Crippen LogP contribution in [0.4, 0.5) is 13.2 Å². The highest BCUT2D eigenvalue weighted by Gasteiger charge is 2.35. The Morgan fingerprint density at radius 1 is 1.42 bits per heavy atom. The molecule has 0 N–H and O–H groups in total. The van der Waals surface area contributed by atoms with Gasteiger partial charge in [-0.3, -0.25) is 9.78 Å². The number of carbonyl (C=O) groups is 1. The second-order valence-corrected chi connectivity index (χ2v) is 5.07. The summed E-state index contributed by atoms with van der Waals surface area (Å²) < 4.78 is 37.7. The number of likely N-dealkylation sites (tertiary alicyclic amines) is 1. The van der Waals surface area contributed by atoms with Crippen molar-refractivity contribution in [1.82, 2.24) is 9.88 Å². The summed E-state index contributed by atoms with van der Waals surface area (Å²) >= 11 is 0. The van der Waals surface area contributed by atoms with Gasteiger partial charge < -0.3 is 4.90 Å². The van der Waals surface area contributed by atoms with E-state index >= 15 is 0 Å². The van der Waals surface area contributed by atoms with Crippen LogP contribution in [0.1, 0.15) is 36.3 Å². The van der Waals surface area contributed by atoms with Crippen LogP contribution in [0.3, 0.4) is 0 Å². The fourth-order valence-electron chi connectivity index (χ4n) is 2.47. The fourth-order valence-corrected chi connectivity index (χ4v) is 2.47. The van der Waals surface area contributed by atoms with Gasteiger partial charge in [0.25, 0.3) is 5.91 Å². The zero-order valence-electron chi connectivity index (χ0n) is 10.7. The maximum absolute atomic E-state index is 12.6. The highest BCUT2D eigenvalue weighted by atomic mass is 19.4. The second kappa shape index (κ2) is 4.83. The molecule has 1 fully saturated rings. The van der Waals surface area contributed by atoms with E-state index in [-0.39, 0.29) is 17.5 Å². The minimum Gasteiger partial charge on any atom is -0.336 e. The maximum Gasteiger partial charge on any atom is 0.433 e. The van der Waals surface area contributed by atoms with E-state index in [9.17, 15) is 18.0 Å². The standard InChI is InChI=1S/C13H15F3N2O/c1-8-5-9(2)18(7-8)12(19)10-3-4-17-11(6-10)13(14,15)16/h3-4,6,8-9H,5,7H2,1-2H3/t8-,9+/m1/s1. The van der Waals surface area contributed by atoms with Gasteiger partial charge in [-0.1, -0.05) is 6.92 Å². The van der Waals surface area contributed by atoms with Gasteiger partial charge in [0.15, 0.2) is 0 Å². The lowest BCUT2D eigenvalue weighted by Crippen LogP contribution is -2.34. The van der Waals surface area contributed by atoms with Crippen molar-refractivity contribution in [3.63, 3.8) is 0 Å². The van der Waals surface area contributed by atoms with Crippen LogP contribution in [0, 0.1) is 5.92 Å². The first-order valence-electron chi connectivity index (χ1n) is 6.13. The molecule has 19 heavy (non-hydrogen) atoms. The molecular weight excluding hydrogens is 257 g/mol. The third-order valence-electron chi connectivity index (χ3n) is 3.34. The lowest BCUT2D eigenvalue weighted by atomic mass is 10.1. The molecule has 2 atom stereocenters. The van der Waals surface area contributed by atoms with Crippen molar-refractivity contribution in [3.8, 4) is 0 Å². The van der Waals surface area contributed by atoms with Gasteiger partial charge in [-0.25, -0.2) is 0 Å². The number of halogens is 3. The number of hydrogen-bond acceptors (Lipinski definition) is 2. The number of rotatable bonds is 1. The van der Waals surface area contributed by atoms with Crippen molar-refractivity contribution in [1.29, 1.82) is 0 Å². The average Bonchev–Trinajstić information content (AvgIpc) is 2.66. The van der Waals surface area contributed by atoms with Gasteiger partial charge in [0, 0.05) is 24.3 Å². The molecule has 2 rings (SSSR count). The molecule has 6 heteroatoms. The molecule has 1 aliphatic heterocycles. The van der Waals surface area contributed by atoms with Gasteiger partial charge >= 0.3 is 6.18 Å². The number of carbonyl (C=O) groups excluding carboxylic acids is 1. The van der Waals surface area contributed by atoms with Crippen molar-refractivity contribution in [2.75, 3.05) is 6.54 Å². The largest absolute Gasteiger partial charge is 0.433 e. The van der Waals surface area contributed by atoms with E-state index in [0.29, 0.717) is 12.5 Å². The third kappa shape index (κ3) is 2.88. The Hall–Kier alpha value is -1.59. The molecule has 1 saturated heterocycles. The van der Waals surface area contributed by atoms with Crippen LogP contribution < -0.4 is 0 Å². The molecule has 0 saturated carbocycles. The van der Waals surface area contributed by atoms with Gasteiger partial charge in [-0.05, 0) is 31.4 Å². The van der Waals surface area contributed by atoms with Crippen LogP contribution in [0.5, 0.6) is 0 Å². The van der Waals surface area contributed by atoms with Crippen LogP contribution in [0.15, 0.2) is 18.3 Å². The topological polar surface area (TPSA) is 33.2 Å². The molecule has 0 bridgehead atoms. The number of hydrogen-bond donors (Lipinski definition) is 0. The van der Waals surface area contributed by atoms with Gasteiger partial charge in [0.2, 0.25) is 0 Å². The molecule has 0 unspecified atom stereocenters. The van der Waals surface area contributed by atoms with Gasteiger partial charge in [0.05, 0.1) is 0 Å². The summed E-state index contributed by atoms with van der Waals surface area (Å²) in [6.07, 6.45) is -2.62. The van der Waals surface area contributed by atoms with Crippen LogP contribution in [0.2, 0.25) is 0 Å². The summed E-state index contributed by atoms with van der Waals surface area (Å²) in [6.45, 7) is 4.52. The average molecular weight is 272 g/mol. The Labute approximate surface area is 109 Å². The van der Waals surface area contributed by atoms with Gasteiger partial charge in [-0.15, -0.1) is 0 Å². The summed E-state index contributed by atoms with van der Waals surface area (Å²) in [6, 6.07) is 2.20. The fraction of sp³-hybridized carbons (Fsp3) is 0.538. The van der Waals surface area contributed by atoms with E-state index in [1.165, 1.54) is 6.07 Å². The minimum atomic E-state index is -4.53. The highest BCUT2D eigenvalue weighted by Crippen LogP contribution is 2.29. The number of alkyl halides is 3. The highest BCUT2D eigenvalue weighted by molar-refractivity contribution is 5.94. The Kier molecular flexibility index (Phi) is 3.52.